The van der Waals surface area contributed by atoms with Crippen molar-refractivity contribution in [3.63, 3.8) is 0 Å². The van der Waals surface area contributed by atoms with Crippen LogP contribution in [0.5, 0.6) is 0 Å². The lowest BCUT2D eigenvalue weighted by Crippen LogP contribution is -2.35. The van der Waals surface area contributed by atoms with Crippen molar-refractivity contribution in [2.75, 3.05) is 11.5 Å². The molecule has 0 atom stereocenters. The summed E-state index contributed by atoms with van der Waals surface area (Å²) in [6.45, 7) is 0. The molecule has 1 aromatic rings. The van der Waals surface area contributed by atoms with Crippen LogP contribution in [0, 0.1) is 0 Å². The molecule has 0 aliphatic heterocycles. The zero-order valence-corrected chi connectivity index (χ0v) is 7.24. The number of hydrogen-bond acceptors (Lipinski definition) is 5. The largest absolute Gasteiger partial charge is 0.368 e. The Bertz CT molecular complexity index is 339. The van der Waals surface area contributed by atoms with Crippen LogP contribution in [0.15, 0.2) is 0 Å². The molecule has 0 unspecified atom stereocenters. The summed E-state index contributed by atoms with van der Waals surface area (Å²) >= 11 is 0. The summed E-state index contributed by atoms with van der Waals surface area (Å²) in [6.07, 6.45) is -0.480. The molecule has 0 saturated heterocycles. The lowest BCUT2D eigenvalue weighted by atomic mass is 9.81. The van der Waals surface area contributed by atoms with Crippen LogP contribution in [-0.2, 0) is 0 Å². The van der Waals surface area contributed by atoms with Crippen molar-refractivity contribution in [1.29, 1.82) is 0 Å². The number of anilines is 2. The summed E-state index contributed by atoms with van der Waals surface area (Å²) in [6, 6.07) is 0. The van der Waals surface area contributed by atoms with Crippen molar-refractivity contribution in [2.45, 2.75) is 24.7 Å². The van der Waals surface area contributed by atoms with Gasteiger partial charge in [0.1, 0.15) is 5.82 Å². The Morgan fingerprint density at radius 2 is 1.57 bits per heavy atom. The molecule has 7 heteroatoms. The molecule has 14 heavy (non-hydrogen) atoms. The summed E-state index contributed by atoms with van der Waals surface area (Å²) in [4.78, 5) is 11.1. The molecule has 1 heterocycles. The van der Waals surface area contributed by atoms with Gasteiger partial charge in [0.25, 0.3) is 0 Å². The Morgan fingerprint density at radius 1 is 1.07 bits per heavy atom. The fourth-order valence-electron chi connectivity index (χ4n) is 1.45. The first-order valence-corrected chi connectivity index (χ1v) is 4.11. The SMILES string of the molecule is Nc1nc(N)nc(C2CC(F)(F)C2)n1. The highest BCUT2D eigenvalue weighted by molar-refractivity contribution is 5.27. The Labute approximate surface area is 78.6 Å². The molecule has 5 nitrogen and oxygen atoms in total. The van der Waals surface area contributed by atoms with E-state index in [9.17, 15) is 8.78 Å². The number of halogens is 2. The highest BCUT2D eigenvalue weighted by Crippen LogP contribution is 2.47. The van der Waals surface area contributed by atoms with Crippen molar-refractivity contribution in [3.05, 3.63) is 5.82 Å². The molecular formula is C7H9F2N5. The van der Waals surface area contributed by atoms with Crippen molar-refractivity contribution in [3.8, 4) is 0 Å². The second-order valence-corrected chi connectivity index (χ2v) is 3.37. The molecule has 1 saturated carbocycles. The van der Waals surface area contributed by atoms with Gasteiger partial charge < -0.3 is 11.5 Å². The predicted octanol–water partition coefficient (Wildman–Crippen LogP) is 0.549. The van der Waals surface area contributed by atoms with E-state index in [0.29, 0.717) is 0 Å². The topological polar surface area (TPSA) is 90.7 Å². The Kier molecular flexibility index (Phi) is 1.76. The normalized spacial score (nSPS) is 20.4. The maximum Gasteiger partial charge on any atom is 0.249 e. The lowest BCUT2D eigenvalue weighted by molar-refractivity contribution is -0.0885. The van der Waals surface area contributed by atoms with Gasteiger partial charge >= 0.3 is 0 Å². The molecule has 0 amide bonds. The smallest absolute Gasteiger partial charge is 0.249 e. The zero-order chi connectivity index (χ0) is 10.3. The molecule has 1 aliphatic rings. The van der Waals surface area contributed by atoms with Gasteiger partial charge in [-0.1, -0.05) is 0 Å². The van der Waals surface area contributed by atoms with Gasteiger partial charge in [-0.15, -0.1) is 0 Å². The van der Waals surface area contributed by atoms with Gasteiger partial charge in [-0.3, -0.25) is 0 Å². The fraction of sp³-hybridized carbons (Fsp3) is 0.571. The molecule has 0 spiro atoms. The Morgan fingerprint density at radius 3 is 2.00 bits per heavy atom. The van der Waals surface area contributed by atoms with E-state index in [-0.39, 0.29) is 36.5 Å². The Balaban J connectivity index is 2.18. The van der Waals surface area contributed by atoms with E-state index in [1.807, 2.05) is 0 Å². The van der Waals surface area contributed by atoms with Crippen molar-refractivity contribution in [2.24, 2.45) is 0 Å². The number of aromatic nitrogens is 3. The summed E-state index contributed by atoms with van der Waals surface area (Å²) in [7, 11) is 0. The lowest BCUT2D eigenvalue weighted by Gasteiger charge is -2.33. The van der Waals surface area contributed by atoms with Crippen LogP contribution in [0.25, 0.3) is 0 Å². The molecule has 2 rings (SSSR count). The molecule has 1 aliphatic carbocycles. The van der Waals surface area contributed by atoms with E-state index in [1.54, 1.807) is 0 Å². The van der Waals surface area contributed by atoms with Crippen molar-refractivity contribution in [1.82, 2.24) is 15.0 Å². The van der Waals surface area contributed by atoms with Gasteiger partial charge in [0.05, 0.1) is 0 Å². The summed E-state index contributed by atoms with van der Waals surface area (Å²) in [5.41, 5.74) is 10.6. The van der Waals surface area contributed by atoms with Crippen LogP contribution in [0.4, 0.5) is 20.7 Å². The summed E-state index contributed by atoms with van der Waals surface area (Å²) < 4.78 is 25.1. The van der Waals surface area contributed by atoms with E-state index >= 15 is 0 Å². The predicted molar refractivity (Wildman–Crippen MR) is 45.6 cm³/mol. The fourth-order valence-corrected chi connectivity index (χ4v) is 1.45. The van der Waals surface area contributed by atoms with Crippen LogP contribution >= 0.6 is 0 Å². The number of nitrogens with two attached hydrogens (primary N) is 2. The number of nitrogens with zero attached hydrogens (tertiary/aromatic N) is 3. The average molecular weight is 201 g/mol. The number of hydrogen-bond donors (Lipinski definition) is 2. The maximum atomic E-state index is 12.5. The quantitative estimate of drug-likeness (QED) is 0.692. The summed E-state index contributed by atoms with van der Waals surface area (Å²) in [5, 5.41) is 0. The number of alkyl halides is 2. The van der Waals surface area contributed by atoms with Crippen LogP contribution in [-0.4, -0.2) is 20.9 Å². The minimum atomic E-state index is -2.60. The van der Waals surface area contributed by atoms with E-state index in [1.165, 1.54) is 0 Å². The van der Waals surface area contributed by atoms with Gasteiger partial charge in [-0.05, 0) is 0 Å². The van der Waals surface area contributed by atoms with E-state index in [0.717, 1.165) is 0 Å². The van der Waals surface area contributed by atoms with Crippen molar-refractivity contribution < 1.29 is 8.78 Å². The standard InChI is InChI=1S/C7H9F2N5/c8-7(9)1-3(2-7)4-12-5(10)14-6(11)13-4/h3H,1-2H2,(H4,10,11,12,13,14). The second-order valence-electron chi connectivity index (χ2n) is 3.37. The number of rotatable bonds is 1. The molecule has 1 aromatic heterocycles. The second kappa shape index (κ2) is 2.73. The molecule has 0 radical (unpaired) electrons. The van der Waals surface area contributed by atoms with E-state index in [4.69, 9.17) is 11.5 Å². The highest BCUT2D eigenvalue weighted by Gasteiger charge is 2.47. The van der Waals surface area contributed by atoms with Gasteiger partial charge in [-0.25, -0.2) is 8.78 Å². The van der Waals surface area contributed by atoms with Crippen LogP contribution in [0.1, 0.15) is 24.6 Å². The monoisotopic (exact) mass is 201 g/mol. The van der Waals surface area contributed by atoms with Crippen molar-refractivity contribution >= 4 is 11.9 Å². The first-order valence-electron chi connectivity index (χ1n) is 4.11. The third kappa shape index (κ3) is 1.57. The minimum Gasteiger partial charge on any atom is -0.368 e. The third-order valence-corrected chi connectivity index (χ3v) is 2.14. The summed E-state index contributed by atoms with van der Waals surface area (Å²) in [5.74, 6) is -2.73. The minimum absolute atomic E-state index is 0.0253. The molecule has 0 bridgehead atoms. The maximum absolute atomic E-state index is 12.5. The Hall–Kier alpha value is -1.53. The van der Waals surface area contributed by atoms with E-state index < -0.39 is 5.92 Å². The van der Waals surface area contributed by atoms with Gasteiger partial charge in [0.15, 0.2) is 0 Å². The van der Waals surface area contributed by atoms with Crippen LogP contribution in [0.3, 0.4) is 0 Å². The van der Waals surface area contributed by atoms with Gasteiger partial charge in [-0.2, -0.15) is 15.0 Å². The third-order valence-electron chi connectivity index (χ3n) is 2.14. The first kappa shape index (κ1) is 9.04. The van der Waals surface area contributed by atoms with E-state index in [2.05, 4.69) is 15.0 Å². The highest BCUT2D eigenvalue weighted by atomic mass is 19.3. The molecule has 4 N–H and O–H groups in total. The van der Waals surface area contributed by atoms with Crippen LogP contribution in [0.2, 0.25) is 0 Å². The molecule has 76 valence electrons. The van der Waals surface area contributed by atoms with Crippen LogP contribution < -0.4 is 11.5 Å². The first-order chi connectivity index (χ1) is 6.46. The average Bonchev–Trinajstić information content (AvgIpc) is 1.97. The molecule has 0 aromatic carbocycles. The molecule has 1 fully saturated rings. The zero-order valence-electron chi connectivity index (χ0n) is 7.24. The molecular weight excluding hydrogens is 192 g/mol. The van der Waals surface area contributed by atoms with Gasteiger partial charge in [0.2, 0.25) is 17.8 Å². The number of nitrogen functional groups attached to an aromatic ring is 2. The van der Waals surface area contributed by atoms with Gasteiger partial charge in [0, 0.05) is 18.8 Å².